The van der Waals surface area contributed by atoms with Gasteiger partial charge in [0.15, 0.2) is 0 Å². The van der Waals surface area contributed by atoms with E-state index >= 15 is 0 Å². The van der Waals surface area contributed by atoms with E-state index in [9.17, 15) is 13.2 Å². The van der Waals surface area contributed by atoms with Gasteiger partial charge in [0.05, 0.1) is 18.0 Å². The van der Waals surface area contributed by atoms with Gasteiger partial charge >= 0.3 is 0 Å². The second-order valence-electron chi connectivity index (χ2n) is 6.24. The maximum absolute atomic E-state index is 12.4. The Balaban J connectivity index is 2.17. The van der Waals surface area contributed by atoms with Crippen molar-refractivity contribution in [3.8, 4) is 0 Å². The van der Waals surface area contributed by atoms with Gasteiger partial charge in [-0.15, -0.1) is 0 Å². The molecule has 0 aliphatic heterocycles. The number of hydrogen-bond acceptors (Lipinski definition) is 3. The number of amides is 1. The Labute approximate surface area is 149 Å². The summed E-state index contributed by atoms with van der Waals surface area (Å²) in [6.45, 7) is 5.49. The Kier molecular flexibility index (Phi) is 5.85. The highest BCUT2D eigenvalue weighted by molar-refractivity contribution is 7.92. The number of nitrogens with one attached hydrogen (secondary N) is 1. The first-order valence-corrected chi connectivity index (χ1v) is 9.92. The monoisotopic (exact) mass is 360 g/mol. The van der Waals surface area contributed by atoms with Gasteiger partial charge in [0.1, 0.15) is 6.54 Å². The highest BCUT2D eigenvalue weighted by Gasteiger charge is 2.22. The van der Waals surface area contributed by atoms with Crippen molar-refractivity contribution in [2.75, 3.05) is 17.1 Å². The summed E-state index contributed by atoms with van der Waals surface area (Å²) in [5.41, 5.74) is 3.50. The summed E-state index contributed by atoms with van der Waals surface area (Å²) >= 11 is 0. The third kappa shape index (κ3) is 5.06. The average Bonchev–Trinajstić information content (AvgIpc) is 2.55. The van der Waals surface area contributed by atoms with E-state index in [4.69, 9.17) is 0 Å². The van der Waals surface area contributed by atoms with Crippen LogP contribution in [0.3, 0.4) is 0 Å². The van der Waals surface area contributed by atoms with E-state index in [1.54, 1.807) is 12.1 Å². The lowest BCUT2D eigenvalue weighted by Crippen LogP contribution is -2.41. The molecule has 1 amide bonds. The number of anilines is 1. The number of nitrogens with zero attached hydrogens (tertiary/aromatic N) is 1. The molecule has 0 aromatic heterocycles. The standard InChI is InChI=1S/C19H24N2O3S/c1-14-10-11-18(12-15(14)2)21(25(4,23)24)13-19(22)20-16(3)17-8-6-5-7-9-17/h5-12,16H,13H2,1-4H3,(H,20,22)/t16-/m1/s1. The molecule has 0 saturated carbocycles. The van der Waals surface area contributed by atoms with E-state index in [-0.39, 0.29) is 18.5 Å². The zero-order chi connectivity index (χ0) is 18.6. The van der Waals surface area contributed by atoms with Gasteiger partial charge in [-0.3, -0.25) is 9.10 Å². The van der Waals surface area contributed by atoms with Crippen LogP contribution in [0.5, 0.6) is 0 Å². The molecule has 0 aliphatic carbocycles. The van der Waals surface area contributed by atoms with E-state index in [1.165, 1.54) is 0 Å². The molecular weight excluding hydrogens is 336 g/mol. The molecule has 0 saturated heterocycles. The molecule has 0 unspecified atom stereocenters. The molecule has 1 atom stereocenters. The van der Waals surface area contributed by atoms with Gasteiger partial charge in [0, 0.05) is 0 Å². The molecule has 5 nitrogen and oxygen atoms in total. The molecule has 2 rings (SSSR count). The highest BCUT2D eigenvalue weighted by atomic mass is 32.2. The molecule has 0 heterocycles. The lowest BCUT2D eigenvalue weighted by molar-refractivity contribution is -0.120. The molecule has 2 aromatic rings. The predicted molar refractivity (Wildman–Crippen MR) is 101 cm³/mol. The lowest BCUT2D eigenvalue weighted by Gasteiger charge is -2.24. The number of carbonyl (C=O) groups is 1. The topological polar surface area (TPSA) is 66.5 Å². The lowest BCUT2D eigenvalue weighted by atomic mass is 10.1. The van der Waals surface area contributed by atoms with Crippen molar-refractivity contribution in [3.05, 3.63) is 65.2 Å². The third-order valence-electron chi connectivity index (χ3n) is 4.14. The molecule has 6 heteroatoms. The van der Waals surface area contributed by atoms with Crippen molar-refractivity contribution < 1.29 is 13.2 Å². The number of aryl methyl sites for hydroxylation is 2. The van der Waals surface area contributed by atoms with E-state index in [2.05, 4.69) is 5.32 Å². The minimum Gasteiger partial charge on any atom is -0.348 e. The fourth-order valence-electron chi connectivity index (χ4n) is 2.52. The summed E-state index contributed by atoms with van der Waals surface area (Å²) in [5.74, 6) is -0.347. The van der Waals surface area contributed by atoms with Crippen molar-refractivity contribution in [3.63, 3.8) is 0 Å². The van der Waals surface area contributed by atoms with Gasteiger partial charge < -0.3 is 5.32 Å². The van der Waals surface area contributed by atoms with E-state index in [1.807, 2.05) is 57.2 Å². The molecule has 0 bridgehead atoms. The molecule has 1 N–H and O–H groups in total. The second kappa shape index (κ2) is 7.70. The van der Waals surface area contributed by atoms with Crippen LogP contribution in [0.25, 0.3) is 0 Å². The Bertz CT molecular complexity index is 848. The van der Waals surface area contributed by atoms with Crippen LogP contribution in [0.1, 0.15) is 29.7 Å². The normalized spacial score (nSPS) is 12.5. The first-order valence-electron chi connectivity index (χ1n) is 8.08. The van der Waals surface area contributed by atoms with Gasteiger partial charge in [-0.1, -0.05) is 36.4 Å². The number of hydrogen-bond donors (Lipinski definition) is 1. The summed E-state index contributed by atoms with van der Waals surface area (Å²) in [6.07, 6.45) is 1.11. The zero-order valence-electron chi connectivity index (χ0n) is 15.0. The smallest absolute Gasteiger partial charge is 0.241 e. The third-order valence-corrected chi connectivity index (χ3v) is 5.28. The van der Waals surface area contributed by atoms with Crippen LogP contribution in [0.2, 0.25) is 0 Å². The van der Waals surface area contributed by atoms with Crippen LogP contribution < -0.4 is 9.62 Å². The molecule has 25 heavy (non-hydrogen) atoms. The van der Waals surface area contributed by atoms with Crippen molar-refractivity contribution in [1.82, 2.24) is 5.32 Å². The van der Waals surface area contributed by atoms with E-state index in [0.717, 1.165) is 27.3 Å². The zero-order valence-corrected chi connectivity index (χ0v) is 15.8. The van der Waals surface area contributed by atoms with E-state index in [0.29, 0.717) is 5.69 Å². The summed E-state index contributed by atoms with van der Waals surface area (Å²) in [5, 5.41) is 2.85. The number of carbonyl (C=O) groups excluding carboxylic acids is 1. The van der Waals surface area contributed by atoms with Crippen molar-refractivity contribution in [2.24, 2.45) is 0 Å². The molecular formula is C19H24N2O3S. The fraction of sp³-hybridized carbons (Fsp3) is 0.316. The Morgan fingerprint density at radius 3 is 2.28 bits per heavy atom. The number of sulfonamides is 1. The molecule has 0 aliphatic rings. The first-order chi connectivity index (χ1) is 11.7. The summed E-state index contributed by atoms with van der Waals surface area (Å²) in [4.78, 5) is 12.4. The Hall–Kier alpha value is -2.34. The van der Waals surface area contributed by atoms with Crippen LogP contribution in [0.15, 0.2) is 48.5 Å². The Morgan fingerprint density at radius 1 is 1.08 bits per heavy atom. The van der Waals surface area contributed by atoms with Crippen molar-refractivity contribution in [2.45, 2.75) is 26.8 Å². The van der Waals surface area contributed by atoms with Gasteiger partial charge in [-0.2, -0.15) is 0 Å². The van der Waals surface area contributed by atoms with Crippen LogP contribution in [-0.4, -0.2) is 27.1 Å². The SMILES string of the molecule is Cc1ccc(N(CC(=O)N[C@H](C)c2ccccc2)S(C)(=O)=O)cc1C. The minimum absolute atomic E-state index is 0.199. The molecule has 134 valence electrons. The van der Waals surface area contributed by atoms with Crippen molar-refractivity contribution >= 4 is 21.6 Å². The minimum atomic E-state index is -3.57. The van der Waals surface area contributed by atoms with Crippen molar-refractivity contribution in [1.29, 1.82) is 0 Å². The fourth-order valence-corrected chi connectivity index (χ4v) is 3.37. The maximum atomic E-state index is 12.4. The first kappa shape index (κ1) is 19.0. The Morgan fingerprint density at radius 2 is 1.72 bits per heavy atom. The van der Waals surface area contributed by atoms with Crippen LogP contribution >= 0.6 is 0 Å². The quantitative estimate of drug-likeness (QED) is 0.861. The summed E-state index contributed by atoms with van der Waals surface area (Å²) < 4.78 is 25.5. The molecule has 2 aromatic carbocycles. The van der Waals surface area contributed by atoms with Gasteiger partial charge in [0.2, 0.25) is 15.9 Å². The molecule has 0 spiro atoms. The number of rotatable bonds is 6. The maximum Gasteiger partial charge on any atom is 0.241 e. The van der Waals surface area contributed by atoms with Gasteiger partial charge in [-0.05, 0) is 49.6 Å². The molecule has 0 radical (unpaired) electrons. The van der Waals surface area contributed by atoms with Crippen LogP contribution in [0.4, 0.5) is 5.69 Å². The largest absolute Gasteiger partial charge is 0.348 e. The summed E-state index contributed by atoms with van der Waals surface area (Å²) in [6, 6.07) is 14.7. The highest BCUT2D eigenvalue weighted by Crippen LogP contribution is 2.21. The molecule has 0 fully saturated rings. The van der Waals surface area contributed by atoms with Crippen LogP contribution in [0, 0.1) is 13.8 Å². The second-order valence-corrected chi connectivity index (χ2v) is 8.14. The predicted octanol–water partition coefficient (Wildman–Crippen LogP) is 2.95. The van der Waals surface area contributed by atoms with Gasteiger partial charge in [-0.25, -0.2) is 8.42 Å². The summed E-state index contributed by atoms with van der Waals surface area (Å²) in [7, 11) is -3.57. The average molecular weight is 360 g/mol. The van der Waals surface area contributed by atoms with Gasteiger partial charge in [0.25, 0.3) is 0 Å². The van der Waals surface area contributed by atoms with E-state index < -0.39 is 10.0 Å². The van der Waals surface area contributed by atoms with Crippen LogP contribution in [-0.2, 0) is 14.8 Å². The number of benzene rings is 2.